The van der Waals surface area contributed by atoms with Crippen molar-refractivity contribution in [1.29, 1.82) is 0 Å². The van der Waals surface area contributed by atoms with Crippen molar-refractivity contribution in [2.45, 2.75) is 25.4 Å². The maximum Gasteiger partial charge on any atom is 0.238 e. The van der Waals surface area contributed by atoms with Crippen LogP contribution in [0.5, 0.6) is 5.88 Å². The SMILES string of the molecule is COc1nccnc1C(O)C1CC=CCC1. The fraction of sp³-hybridized carbons (Fsp3) is 0.500. The Bertz CT molecular complexity index is 379. The first-order valence-electron chi connectivity index (χ1n) is 5.51. The highest BCUT2D eigenvalue weighted by atomic mass is 16.5. The Balaban J connectivity index is 2.19. The molecule has 2 rings (SSSR count). The molecular weight excluding hydrogens is 204 g/mol. The minimum Gasteiger partial charge on any atom is -0.480 e. The van der Waals surface area contributed by atoms with Crippen LogP contribution in [0.4, 0.5) is 0 Å². The summed E-state index contributed by atoms with van der Waals surface area (Å²) in [4.78, 5) is 8.21. The highest BCUT2D eigenvalue weighted by Crippen LogP contribution is 2.33. The molecule has 4 heteroatoms. The van der Waals surface area contributed by atoms with E-state index in [2.05, 4.69) is 22.1 Å². The molecule has 1 aliphatic carbocycles. The summed E-state index contributed by atoms with van der Waals surface area (Å²) < 4.78 is 5.11. The van der Waals surface area contributed by atoms with Crippen molar-refractivity contribution < 1.29 is 9.84 Å². The highest BCUT2D eigenvalue weighted by molar-refractivity contribution is 5.20. The molecule has 0 fully saturated rings. The van der Waals surface area contributed by atoms with Crippen LogP contribution < -0.4 is 4.74 Å². The summed E-state index contributed by atoms with van der Waals surface area (Å²) in [6.07, 6.45) is 9.71. The van der Waals surface area contributed by atoms with Gasteiger partial charge in [0.25, 0.3) is 0 Å². The summed E-state index contributed by atoms with van der Waals surface area (Å²) in [5, 5.41) is 10.2. The van der Waals surface area contributed by atoms with Gasteiger partial charge in [-0.05, 0) is 25.2 Å². The van der Waals surface area contributed by atoms with Crippen molar-refractivity contribution in [3.05, 3.63) is 30.2 Å². The van der Waals surface area contributed by atoms with Crippen molar-refractivity contribution >= 4 is 0 Å². The largest absolute Gasteiger partial charge is 0.480 e. The smallest absolute Gasteiger partial charge is 0.238 e. The number of rotatable bonds is 3. The average Bonchev–Trinajstić information content (AvgIpc) is 2.39. The number of nitrogens with zero attached hydrogens (tertiary/aromatic N) is 2. The van der Waals surface area contributed by atoms with Crippen molar-refractivity contribution in [2.75, 3.05) is 7.11 Å². The van der Waals surface area contributed by atoms with E-state index in [1.807, 2.05) is 0 Å². The molecular formula is C12H16N2O2. The standard InChI is InChI=1S/C12H16N2O2/c1-16-12-10(13-7-8-14-12)11(15)9-5-3-2-4-6-9/h2-3,7-9,11,15H,4-6H2,1H3. The van der Waals surface area contributed by atoms with Crippen molar-refractivity contribution in [1.82, 2.24) is 9.97 Å². The lowest BCUT2D eigenvalue weighted by atomic mass is 9.88. The van der Waals surface area contributed by atoms with E-state index >= 15 is 0 Å². The van der Waals surface area contributed by atoms with Crippen LogP contribution in [0.25, 0.3) is 0 Å². The molecule has 2 unspecified atom stereocenters. The summed E-state index contributed by atoms with van der Waals surface area (Å²) >= 11 is 0. The molecule has 0 spiro atoms. The van der Waals surface area contributed by atoms with Gasteiger partial charge in [0, 0.05) is 12.4 Å². The number of ether oxygens (including phenoxy) is 1. The van der Waals surface area contributed by atoms with Gasteiger partial charge < -0.3 is 9.84 Å². The zero-order valence-electron chi connectivity index (χ0n) is 9.34. The van der Waals surface area contributed by atoms with Gasteiger partial charge in [-0.1, -0.05) is 12.2 Å². The lowest BCUT2D eigenvalue weighted by Gasteiger charge is -2.23. The van der Waals surface area contributed by atoms with E-state index in [1.54, 1.807) is 19.5 Å². The minimum absolute atomic E-state index is 0.218. The van der Waals surface area contributed by atoms with E-state index in [9.17, 15) is 5.11 Å². The molecule has 1 heterocycles. The Morgan fingerprint density at radius 2 is 2.19 bits per heavy atom. The van der Waals surface area contributed by atoms with Crippen LogP contribution in [0.3, 0.4) is 0 Å². The Morgan fingerprint density at radius 1 is 1.38 bits per heavy atom. The molecule has 4 nitrogen and oxygen atoms in total. The first-order chi connectivity index (χ1) is 7.83. The van der Waals surface area contributed by atoms with Crippen LogP contribution >= 0.6 is 0 Å². The number of aliphatic hydroxyl groups excluding tert-OH is 1. The van der Waals surface area contributed by atoms with Gasteiger partial charge in [0.05, 0.1) is 7.11 Å². The molecule has 2 atom stereocenters. The van der Waals surface area contributed by atoms with E-state index in [0.29, 0.717) is 11.6 Å². The fourth-order valence-corrected chi connectivity index (χ4v) is 2.02. The number of aliphatic hydroxyl groups is 1. The molecule has 0 aromatic carbocycles. The fourth-order valence-electron chi connectivity index (χ4n) is 2.02. The lowest BCUT2D eigenvalue weighted by Crippen LogP contribution is -2.16. The van der Waals surface area contributed by atoms with Gasteiger partial charge in [0.15, 0.2) is 0 Å². The van der Waals surface area contributed by atoms with E-state index in [1.165, 1.54) is 0 Å². The minimum atomic E-state index is -0.589. The second-order valence-electron chi connectivity index (χ2n) is 3.94. The molecule has 16 heavy (non-hydrogen) atoms. The van der Waals surface area contributed by atoms with Crippen LogP contribution in [-0.4, -0.2) is 22.2 Å². The van der Waals surface area contributed by atoms with Crippen LogP contribution in [0, 0.1) is 5.92 Å². The monoisotopic (exact) mass is 220 g/mol. The Morgan fingerprint density at radius 3 is 2.88 bits per heavy atom. The quantitative estimate of drug-likeness (QED) is 0.790. The third kappa shape index (κ3) is 2.22. The van der Waals surface area contributed by atoms with E-state index < -0.39 is 6.10 Å². The second kappa shape index (κ2) is 5.07. The van der Waals surface area contributed by atoms with Gasteiger partial charge >= 0.3 is 0 Å². The molecule has 0 amide bonds. The maximum atomic E-state index is 10.2. The van der Waals surface area contributed by atoms with E-state index in [-0.39, 0.29) is 5.92 Å². The Labute approximate surface area is 95.0 Å². The maximum absolute atomic E-state index is 10.2. The molecule has 86 valence electrons. The normalized spacial score (nSPS) is 21.8. The number of allylic oxidation sites excluding steroid dienone is 2. The van der Waals surface area contributed by atoms with Crippen molar-refractivity contribution in [3.63, 3.8) is 0 Å². The summed E-state index contributed by atoms with van der Waals surface area (Å²) in [6.45, 7) is 0. The van der Waals surface area contributed by atoms with Gasteiger partial charge in [0.1, 0.15) is 11.8 Å². The summed E-state index contributed by atoms with van der Waals surface area (Å²) in [5.41, 5.74) is 0.547. The molecule has 1 aromatic rings. The molecule has 0 saturated carbocycles. The lowest BCUT2D eigenvalue weighted by molar-refractivity contribution is 0.0946. The van der Waals surface area contributed by atoms with Gasteiger partial charge in [-0.2, -0.15) is 0 Å². The Kier molecular flexibility index (Phi) is 3.51. The molecule has 0 saturated heterocycles. The average molecular weight is 220 g/mol. The van der Waals surface area contributed by atoms with E-state index in [4.69, 9.17) is 4.74 Å². The number of hydrogen-bond donors (Lipinski definition) is 1. The van der Waals surface area contributed by atoms with Crippen molar-refractivity contribution in [2.24, 2.45) is 5.92 Å². The molecule has 1 aliphatic rings. The van der Waals surface area contributed by atoms with Gasteiger partial charge in [-0.3, -0.25) is 4.98 Å². The number of aromatic nitrogens is 2. The predicted octanol–water partition coefficient (Wildman–Crippen LogP) is 1.87. The Hall–Kier alpha value is -1.42. The number of hydrogen-bond acceptors (Lipinski definition) is 4. The van der Waals surface area contributed by atoms with Gasteiger partial charge in [-0.15, -0.1) is 0 Å². The summed E-state index contributed by atoms with van der Waals surface area (Å²) in [6, 6.07) is 0. The zero-order valence-corrected chi connectivity index (χ0v) is 9.34. The predicted molar refractivity (Wildman–Crippen MR) is 60.0 cm³/mol. The van der Waals surface area contributed by atoms with Crippen LogP contribution in [0.15, 0.2) is 24.5 Å². The number of methoxy groups -OCH3 is 1. The first-order valence-corrected chi connectivity index (χ1v) is 5.51. The molecule has 0 radical (unpaired) electrons. The van der Waals surface area contributed by atoms with Crippen LogP contribution in [-0.2, 0) is 0 Å². The highest BCUT2D eigenvalue weighted by Gasteiger charge is 2.25. The second-order valence-corrected chi connectivity index (χ2v) is 3.94. The molecule has 0 bridgehead atoms. The summed E-state index contributed by atoms with van der Waals surface area (Å²) in [7, 11) is 1.54. The van der Waals surface area contributed by atoms with Gasteiger partial charge in [0.2, 0.25) is 5.88 Å². The topological polar surface area (TPSA) is 55.2 Å². The van der Waals surface area contributed by atoms with Crippen LogP contribution in [0.1, 0.15) is 31.1 Å². The molecule has 0 aliphatic heterocycles. The summed E-state index contributed by atoms with van der Waals surface area (Å²) in [5.74, 6) is 0.639. The third-order valence-electron chi connectivity index (χ3n) is 2.92. The molecule has 1 N–H and O–H groups in total. The zero-order chi connectivity index (χ0) is 11.4. The first kappa shape index (κ1) is 11.1. The molecule has 1 aromatic heterocycles. The van der Waals surface area contributed by atoms with Gasteiger partial charge in [-0.25, -0.2) is 4.98 Å². The van der Waals surface area contributed by atoms with E-state index in [0.717, 1.165) is 19.3 Å². The van der Waals surface area contributed by atoms with Crippen molar-refractivity contribution in [3.8, 4) is 5.88 Å². The van der Waals surface area contributed by atoms with Crippen LogP contribution in [0.2, 0.25) is 0 Å². The third-order valence-corrected chi connectivity index (χ3v) is 2.92.